The predicted octanol–water partition coefficient (Wildman–Crippen LogP) is 4.55. The Hall–Kier alpha value is -3.36. The molecule has 186 valence electrons. The molecule has 0 saturated carbocycles. The van der Waals surface area contributed by atoms with Crippen molar-refractivity contribution < 1.29 is 22.7 Å². The van der Waals surface area contributed by atoms with Gasteiger partial charge in [0.1, 0.15) is 0 Å². The number of aryl methyl sites for hydroxylation is 1. The van der Waals surface area contributed by atoms with E-state index in [2.05, 4.69) is 10.0 Å². The molecule has 3 aromatic carbocycles. The van der Waals surface area contributed by atoms with Crippen molar-refractivity contribution in [1.29, 1.82) is 0 Å². The Labute approximate surface area is 207 Å². The zero-order valence-corrected chi connectivity index (χ0v) is 21.3. The van der Waals surface area contributed by atoms with Crippen LogP contribution in [-0.2, 0) is 21.2 Å². The highest BCUT2D eigenvalue weighted by Crippen LogP contribution is 2.30. The molecule has 0 aliphatic rings. The number of nitrogens with one attached hydrogen (secondary N) is 2. The summed E-state index contributed by atoms with van der Waals surface area (Å²) in [6.07, 6.45) is 0.783. The Balaban J connectivity index is 1.54. The summed E-state index contributed by atoms with van der Waals surface area (Å²) in [6.45, 7) is 3.71. The standard InChI is InChI=1S/C27H32N2O5S/c1-19(23-13-16-25(33-3)26(18-23)34-4)28-27(30)17-12-21-10-14-24(15-11-21)35(31,32)29-20(2)22-8-6-5-7-9-22/h5-11,13-16,18-20,29H,12,17H2,1-4H3,(H,28,30)/t19-,20+/m1/s1. The Morgan fingerprint density at radius 1 is 0.829 bits per heavy atom. The van der Waals surface area contributed by atoms with Crippen LogP contribution in [0, 0.1) is 0 Å². The number of ether oxygens (including phenoxy) is 2. The molecule has 0 aliphatic carbocycles. The lowest BCUT2D eigenvalue weighted by Crippen LogP contribution is -2.27. The first-order chi connectivity index (χ1) is 16.7. The van der Waals surface area contributed by atoms with Crippen LogP contribution in [0.15, 0.2) is 77.7 Å². The Morgan fingerprint density at radius 2 is 1.49 bits per heavy atom. The molecule has 0 radical (unpaired) electrons. The van der Waals surface area contributed by atoms with Crippen LogP contribution >= 0.6 is 0 Å². The van der Waals surface area contributed by atoms with Crippen molar-refractivity contribution >= 4 is 15.9 Å². The molecule has 35 heavy (non-hydrogen) atoms. The van der Waals surface area contributed by atoms with Crippen molar-refractivity contribution in [3.8, 4) is 11.5 Å². The number of amides is 1. The number of hydrogen-bond acceptors (Lipinski definition) is 5. The van der Waals surface area contributed by atoms with Gasteiger partial charge in [-0.25, -0.2) is 13.1 Å². The molecule has 3 aromatic rings. The largest absolute Gasteiger partial charge is 0.493 e. The molecule has 1 amide bonds. The summed E-state index contributed by atoms with van der Waals surface area (Å²) < 4.78 is 38.8. The van der Waals surface area contributed by atoms with Gasteiger partial charge in [-0.1, -0.05) is 48.5 Å². The van der Waals surface area contributed by atoms with E-state index in [1.54, 1.807) is 38.5 Å². The van der Waals surface area contributed by atoms with Crippen LogP contribution in [0.1, 0.15) is 49.0 Å². The van der Waals surface area contributed by atoms with Crippen LogP contribution < -0.4 is 19.5 Å². The van der Waals surface area contributed by atoms with Crippen molar-refractivity contribution in [2.75, 3.05) is 14.2 Å². The number of carbonyl (C=O) groups excluding carboxylic acids is 1. The van der Waals surface area contributed by atoms with E-state index in [4.69, 9.17) is 9.47 Å². The first-order valence-electron chi connectivity index (χ1n) is 11.4. The van der Waals surface area contributed by atoms with E-state index in [0.29, 0.717) is 17.9 Å². The molecular weight excluding hydrogens is 464 g/mol. The average molecular weight is 497 g/mol. The molecule has 3 rings (SSSR count). The van der Waals surface area contributed by atoms with E-state index in [1.807, 2.05) is 62.4 Å². The third-order valence-electron chi connectivity index (χ3n) is 5.79. The van der Waals surface area contributed by atoms with E-state index < -0.39 is 10.0 Å². The summed E-state index contributed by atoms with van der Waals surface area (Å²) in [6, 6.07) is 21.0. The van der Waals surface area contributed by atoms with Crippen LogP contribution in [0.25, 0.3) is 0 Å². The summed E-state index contributed by atoms with van der Waals surface area (Å²) in [5.74, 6) is 1.14. The van der Waals surface area contributed by atoms with Crippen molar-refractivity contribution in [1.82, 2.24) is 10.0 Å². The minimum absolute atomic E-state index is 0.0951. The molecule has 0 spiro atoms. The second kappa shape index (κ2) is 11.9. The minimum atomic E-state index is -3.66. The lowest BCUT2D eigenvalue weighted by Gasteiger charge is -2.17. The van der Waals surface area contributed by atoms with Gasteiger partial charge in [0.2, 0.25) is 15.9 Å². The van der Waals surface area contributed by atoms with Crippen molar-refractivity contribution in [2.45, 2.75) is 43.7 Å². The van der Waals surface area contributed by atoms with Gasteiger partial charge < -0.3 is 14.8 Å². The van der Waals surface area contributed by atoms with E-state index in [-0.39, 0.29) is 29.3 Å². The van der Waals surface area contributed by atoms with E-state index in [0.717, 1.165) is 16.7 Å². The number of methoxy groups -OCH3 is 2. The van der Waals surface area contributed by atoms with Gasteiger partial charge in [-0.2, -0.15) is 0 Å². The SMILES string of the molecule is COc1ccc([C@@H](C)NC(=O)CCc2ccc(S(=O)(=O)N[C@@H](C)c3ccccc3)cc2)cc1OC. The van der Waals surface area contributed by atoms with Crippen LogP contribution in [0.3, 0.4) is 0 Å². The van der Waals surface area contributed by atoms with Crippen molar-refractivity contribution in [3.63, 3.8) is 0 Å². The quantitative estimate of drug-likeness (QED) is 0.406. The fourth-order valence-electron chi connectivity index (χ4n) is 3.72. The molecule has 0 aromatic heterocycles. The lowest BCUT2D eigenvalue weighted by molar-refractivity contribution is -0.121. The zero-order valence-electron chi connectivity index (χ0n) is 20.4. The van der Waals surface area contributed by atoms with E-state index >= 15 is 0 Å². The molecule has 0 heterocycles. The van der Waals surface area contributed by atoms with Crippen LogP contribution in [0.5, 0.6) is 11.5 Å². The number of benzene rings is 3. The van der Waals surface area contributed by atoms with Gasteiger partial charge in [0.25, 0.3) is 0 Å². The van der Waals surface area contributed by atoms with Gasteiger partial charge in [0.05, 0.1) is 25.2 Å². The van der Waals surface area contributed by atoms with Crippen molar-refractivity contribution in [2.24, 2.45) is 0 Å². The minimum Gasteiger partial charge on any atom is -0.493 e. The number of carbonyl (C=O) groups is 1. The molecule has 0 bridgehead atoms. The Morgan fingerprint density at radius 3 is 2.11 bits per heavy atom. The van der Waals surface area contributed by atoms with Crippen LogP contribution in [0.2, 0.25) is 0 Å². The molecule has 2 atom stereocenters. The number of sulfonamides is 1. The summed E-state index contributed by atoms with van der Waals surface area (Å²) in [5.41, 5.74) is 2.68. The maximum atomic E-state index is 12.7. The van der Waals surface area contributed by atoms with Crippen LogP contribution in [-0.4, -0.2) is 28.5 Å². The molecule has 0 saturated heterocycles. The van der Waals surface area contributed by atoms with Gasteiger partial charge in [-0.3, -0.25) is 4.79 Å². The topological polar surface area (TPSA) is 93.7 Å². The van der Waals surface area contributed by atoms with Gasteiger partial charge in [-0.05, 0) is 61.2 Å². The molecule has 0 fully saturated rings. The zero-order chi connectivity index (χ0) is 25.4. The Kier molecular flexibility index (Phi) is 8.89. The highest BCUT2D eigenvalue weighted by atomic mass is 32.2. The third-order valence-corrected chi connectivity index (χ3v) is 7.35. The molecular formula is C27H32N2O5S. The summed E-state index contributed by atoms with van der Waals surface area (Å²) in [7, 11) is -0.515. The summed E-state index contributed by atoms with van der Waals surface area (Å²) >= 11 is 0. The number of rotatable bonds is 11. The highest BCUT2D eigenvalue weighted by molar-refractivity contribution is 7.89. The van der Waals surface area contributed by atoms with E-state index in [9.17, 15) is 13.2 Å². The second-order valence-electron chi connectivity index (χ2n) is 8.30. The average Bonchev–Trinajstić information content (AvgIpc) is 2.87. The molecule has 7 nitrogen and oxygen atoms in total. The maximum Gasteiger partial charge on any atom is 0.241 e. The predicted molar refractivity (Wildman–Crippen MR) is 136 cm³/mol. The summed E-state index contributed by atoms with van der Waals surface area (Å²) in [5, 5.41) is 2.99. The van der Waals surface area contributed by atoms with Crippen molar-refractivity contribution in [3.05, 3.63) is 89.5 Å². The number of hydrogen-bond donors (Lipinski definition) is 2. The lowest BCUT2D eigenvalue weighted by atomic mass is 10.1. The monoisotopic (exact) mass is 496 g/mol. The first-order valence-corrected chi connectivity index (χ1v) is 12.9. The third kappa shape index (κ3) is 7.07. The van der Waals surface area contributed by atoms with Crippen LogP contribution in [0.4, 0.5) is 0 Å². The second-order valence-corrected chi connectivity index (χ2v) is 10.0. The molecule has 8 heteroatoms. The van der Waals surface area contributed by atoms with Gasteiger partial charge in [0.15, 0.2) is 11.5 Å². The van der Waals surface area contributed by atoms with Gasteiger partial charge in [-0.15, -0.1) is 0 Å². The molecule has 0 aliphatic heterocycles. The molecule has 2 N–H and O–H groups in total. The Bertz CT molecular complexity index is 1230. The van der Waals surface area contributed by atoms with E-state index in [1.165, 1.54) is 0 Å². The fourth-order valence-corrected chi connectivity index (χ4v) is 4.95. The normalized spacial score (nSPS) is 13.0. The fraction of sp³-hybridized carbons (Fsp3) is 0.296. The van der Waals surface area contributed by atoms with Gasteiger partial charge >= 0.3 is 0 Å². The smallest absolute Gasteiger partial charge is 0.241 e. The van der Waals surface area contributed by atoms with Gasteiger partial charge in [0, 0.05) is 12.5 Å². The summed E-state index contributed by atoms with van der Waals surface area (Å²) in [4.78, 5) is 12.7. The first kappa shape index (κ1) is 26.2. The molecule has 0 unspecified atom stereocenters. The maximum absolute atomic E-state index is 12.7. The highest BCUT2D eigenvalue weighted by Gasteiger charge is 2.18.